The number of hydrogen-bond donors (Lipinski definition) is 2. The Morgan fingerprint density at radius 3 is 2.09 bits per heavy atom. The summed E-state index contributed by atoms with van der Waals surface area (Å²) in [6.45, 7) is 8.93. The third-order valence-corrected chi connectivity index (χ3v) is 6.74. The van der Waals surface area contributed by atoms with E-state index in [2.05, 4.69) is 20.8 Å². The standard InChI is InChI=1S/C26H40N2O6S/c1-5-27(18-24(30)20-34-25-13-11-22(12-14-25)26(2,3)4)17-23(29)19-28(35(31,32)33)16-15-21-9-7-6-8-10-21/h6-14,23-24,29-30H,5,15-20H2,1-4H3,(H,31,32,33)/p-1. The summed E-state index contributed by atoms with van der Waals surface area (Å²) in [5.41, 5.74) is 2.14. The van der Waals surface area contributed by atoms with Crippen molar-refractivity contribution in [2.45, 2.75) is 51.7 Å². The first-order chi connectivity index (χ1) is 16.4. The summed E-state index contributed by atoms with van der Waals surface area (Å²) in [5, 5.41) is 20.9. The average Bonchev–Trinajstić information content (AvgIpc) is 2.79. The first-order valence-corrected chi connectivity index (χ1v) is 13.3. The van der Waals surface area contributed by atoms with Gasteiger partial charge in [0.1, 0.15) is 18.5 Å². The molecule has 0 bridgehead atoms. The van der Waals surface area contributed by atoms with Crippen molar-refractivity contribution in [3.63, 3.8) is 0 Å². The second-order valence-corrected chi connectivity index (χ2v) is 11.2. The lowest BCUT2D eigenvalue weighted by Gasteiger charge is -2.30. The van der Waals surface area contributed by atoms with E-state index in [0.717, 1.165) is 9.87 Å². The molecular formula is C26H39N2O6S-. The van der Waals surface area contributed by atoms with Crippen molar-refractivity contribution in [3.8, 4) is 5.75 Å². The summed E-state index contributed by atoms with van der Waals surface area (Å²) in [6, 6.07) is 17.0. The van der Waals surface area contributed by atoms with E-state index in [1.165, 1.54) is 5.56 Å². The minimum absolute atomic E-state index is 0.0104. The predicted molar refractivity (Wildman–Crippen MR) is 136 cm³/mol. The van der Waals surface area contributed by atoms with Crippen molar-refractivity contribution < 1.29 is 27.9 Å². The van der Waals surface area contributed by atoms with Crippen LogP contribution in [0.1, 0.15) is 38.8 Å². The molecule has 0 aliphatic carbocycles. The van der Waals surface area contributed by atoms with Gasteiger partial charge in [0, 0.05) is 26.2 Å². The van der Waals surface area contributed by atoms with Gasteiger partial charge in [-0.2, -0.15) is 0 Å². The highest BCUT2D eigenvalue weighted by atomic mass is 32.2. The molecule has 196 valence electrons. The van der Waals surface area contributed by atoms with E-state index >= 15 is 0 Å². The van der Waals surface area contributed by atoms with Crippen molar-refractivity contribution in [1.82, 2.24) is 9.21 Å². The summed E-state index contributed by atoms with van der Waals surface area (Å²) in [5.74, 6) is 0.662. The molecule has 8 nitrogen and oxygen atoms in total. The number of hydrogen-bond acceptors (Lipinski definition) is 7. The molecule has 2 N–H and O–H groups in total. The zero-order valence-corrected chi connectivity index (χ0v) is 21.9. The topological polar surface area (TPSA) is 113 Å². The number of ether oxygens (including phenoxy) is 1. The molecule has 0 spiro atoms. The fourth-order valence-corrected chi connectivity index (χ4v) is 4.38. The highest BCUT2D eigenvalue weighted by Gasteiger charge is 2.21. The predicted octanol–water partition coefficient (Wildman–Crippen LogP) is 2.41. The van der Waals surface area contributed by atoms with E-state index in [1.807, 2.05) is 61.5 Å². The molecule has 0 aliphatic rings. The zero-order valence-electron chi connectivity index (χ0n) is 21.1. The number of likely N-dealkylation sites (N-methyl/N-ethyl adjacent to an activating group) is 1. The van der Waals surface area contributed by atoms with Crippen LogP contribution < -0.4 is 4.74 Å². The van der Waals surface area contributed by atoms with Gasteiger partial charge in [-0.05, 0) is 41.6 Å². The molecule has 0 saturated heterocycles. The monoisotopic (exact) mass is 507 g/mol. The number of rotatable bonds is 14. The van der Waals surface area contributed by atoms with Gasteiger partial charge in [-0.3, -0.25) is 4.90 Å². The van der Waals surface area contributed by atoms with Crippen molar-refractivity contribution >= 4 is 10.3 Å². The molecule has 2 aromatic rings. The van der Waals surface area contributed by atoms with Crippen LogP contribution in [0.3, 0.4) is 0 Å². The molecule has 2 aromatic carbocycles. The lowest BCUT2D eigenvalue weighted by molar-refractivity contribution is 0.0426. The third kappa shape index (κ3) is 10.6. The smallest absolute Gasteiger partial charge is 0.162 e. The van der Waals surface area contributed by atoms with Gasteiger partial charge in [0.25, 0.3) is 0 Å². The van der Waals surface area contributed by atoms with Gasteiger partial charge in [-0.1, -0.05) is 70.2 Å². The molecule has 0 radical (unpaired) electrons. The molecule has 0 heterocycles. The maximum Gasteiger partial charge on any atom is 0.162 e. The van der Waals surface area contributed by atoms with Crippen molar-refractivity contribution in [1.29, 1.82) is 0 Å². The van der Waals surface area contributed by atoms with Crippen LogP contribution >= 0.6 is 0 Å². The van der Waals surface area contributed by atoms with E-state index < -0.39 is 22.5 Å². The van der Waals surface area contributed by atoms with Gasteiger partial charge >= 0.3 is 0 Å². The quantitative estimate of drug-likeness (QED) is 0.378. The average molecular weight is 508 g/mol. The maximum absolute atomic E-state index is 11.7. The molecule has 0 aromatic heterocycles. The highest BCUT2D eigenvalue weighted by Crippen LogP contribution is 2.24. The molecule has 9 heteroatoms. The van der Waals surface area contributed by atoms with Crippen LogP contribution in [0.15, 0.2) is 54.6 Å². The van der Waals surface area contributed by atoms with Gasteiger partial charge in [-0.15, -0.1) is 0 Å². The molecular weight excluding hydrogens is 468 g/mol. The van der Waals surface area contributed by atoms with E-state index in [-0.39, 0.29) is 38.2 Å². The Balaban J connectivity index is 1.84. The Morgan fingerprint density at radius 1 is 0.943 bits per heavy atom. The van der Waals surface area contributed by atoms with E-state index in [4.69, 9.17) is 4.74 Å². The lowest BCUT2D eigenvalue weighted by atomic mass is 9.87. The summed E-state index contributed by atoms with van der Waals surface area (Å²) < 4.78 is 41.6. The summed E-state index contributed by atoms with van der Waals surface area (Å²) in [6.07, 6.45) is -1.51. The molecule has 0 amide bonds. The van der Waals surface area contributed by atoms with Crippen LogP contribution in [0.5, 0.6) is 5.75 Å². The Labute approximate surface area is 210 Å². The van der Waals surface area contributed by atoms with Crippen LogP contribution in [0.25, 0.3) is 0 Å². The Kier molecular flexibility index (Phi) is 11.1. The Hall–Kier alpha value is -2.01. The second kappa shape index (κ2) is 13.3. The molecule has 35 heavy (non-hydrogen) atoms. The fraction of sp³-hybridized carbons (Fsp3) is 0.538. The van der Waals surface area contributed by atoms with Crippen molar-refractivity contribution in [3.05, 3.63) is 65.7 Å². The van der Waals surface area contributed by atoms with Gasteiger partial charge in [-0.25, -0.2) is 12.7 Å². The van der Waals surface area contributed by atoms with Gasteiger partial charge < -0.3 is 19.5 Å². The van der Waals surface area contributed by atoms with E-state index in [9.17, 15) is 23.2 Å². The van der Waals surface area contributed by atoms with Crippen LogP contribution in [-0.4, -0.2) is 83.9 Å². The number of benzene rings is 2. The van der Waals surface area contributed by atoms with Gasteiger partial charge in [0.2, 0.25) is 0 Å². The van der Waals surface area contributed by atoms with Crippen LogP contribution in [0.4, 0.5) is 0 Å². The summed E-state index contributed by atoms with van der Waals surface area (Å²) >= 11 is 0. The van der Waals surface area contributed by atoms with Crippen LogP contribution in [-0.2, 0) is 22.1 Å². The zero-order chi connectivity index (χ0) is 26.1. The minimum atomic E-state index is -4.71. The van der Waals surface area contributed by atoms with Crippen LogP contribution in [0, 0.1) is 0 Å². The van der Waals surface area contributed by atoms with E-state index in [1.54, 1.807) is 4.90 Å². The first-order valence-electron chi connectivity index (χ1n) is 11.9. The van der Waals surface area contributed by atoms with Gasteiger partial charge in [0.15, 0.2) is 10.3 Å². The molecule has 2 rings (SSSR count). The Morgan fingerprint density at radius 2 is 1.54 bits per heavy atom. The van der Waals surface area contributed by atoms with Crippen LogP contribution in [0.2, 0.25) is 0 Å². The minimum Gasteiger partial charge on any atom is -0.735 e. The first kappa shape index (κ1) is 29.2. The SMILES string of the molecule is CCN(CC(O)COc1ccc(C(C)(C)C)cc1)CC(O)CN(CCc1ccccc1)S(=O)(=O)[O-]. The molecule has 0 fully saturated rings. The lowest BCUT2D eigenvalue weighted by Crippen LogP contribution is -2.45. The largest absolute Gasteiger partial charge is 0.735 e. The number of nitrogens with zero attached hydrogens (tertiary/aromatic N) is 2. The van der Waals surface area contributed by atoms with Crippen molar-refractivity contribution in [2.75, 3.05) is 39.3 Å². The normalized spacial score (nSPS) is 14.3. The molecule has 2 atom stereocenters. The maximum atomic E-state index is 11.7. The molecule has 0 aliphatic heterocycles. The number of aliphatic hydroxyl groups excluding tert-OH is 2. The highest BCUT2D eigenvalue weighted by molar-refractivity contribution is 7.83. The molecule has 0 saturated carbocycles. The summed E-state index contributed by atoms with van der Waals surface area (Å²) in [4.78, 5) is 1.80. The third-order valence-electron chi connectivity index (χ3n) is 5.77. The molecule has 2 unspecified atom stereocenters. The fourth-order valence-electron chi connectivity index (χ4n) is 3.71. The van der Waals surface area contributed by atoms with Crippen molar-refractivity contribution in [2.24, 2.45) is 0 Å². The van der Waals surface area contributed by atoms with Gasteiger partial charge in [0.05, 0.1) is 6.10 Å². The summed E-state index contributed by atoms with van der Waals surface area (Å²) in [7, 11) is -4.71. The van der Waals surface area contributed by atoms with E-state index in [0.29, 0.717) is 18.7 Å². The second-order valence-electron chi connectivity index (χ2n) is 9.80. The Bertz CT molecular complexity index is 977. The number of aliphatic hydroxyl groups is 2.